The summed E-state index contributed by atoms with van der Waals surface area (Å²) >= 11 is 6.36. The number of carboxylic acids is 1. The second-order valence-corrected chi connectivity index (χ2v) is 5.79. The van der Waals surface area contributed by atoms with Gasteiger partial charge in [0, 0.05) is 0 Å². The highest BCUT2D eigenvalue weighted by atomic mass is 35.5. The van der Waals surface area contributed by atoms with Gasteiger partial charge in [-0.05, 0) is 49.4 Å². The van der Waals surface area contributed by atoms with Gasteiger partial charge in [0.05, 0.1) is 34.4 Å². The molecule has 26 heavy (non-hydrogen) atoms. The molecule has 0 unspecified atom stereocenters. The monoisotopic (exact) mass is 372 g/mol. The molecule has 0 spiro atoms. The molecule has 0 aliphatic rings. The summed E-state index contributed by atoms with van der Waals surface area (Å²) in [5, 5.41) is 17.8. The van der Waals surface area contributed by atoms with Crippen LogP contribution in [-0.2, 0) is 0 Å². The third kappa shape index (κ3) is 3.73. The minimum Gasteiger partial charge on any atom is -0.478 e. The zero-order valence-corrected chi connectivity index (χ0v) is 14.4. The van der Waals surface area contributed by atoms with Crippen molar-refractivity contribution in [1.29, 1.82) is 0 Å². The lowest BCUT2D eigenvalue weighted by atomic mass is 10.2. The molecule has 1 aromatic heterocycles. The van der Waals surface area contributed by atoms with Crippen molar-refractivity contribution in [3.05, 3.63) is 76.3 Å². The Bertz CT molecular complexity index is 983. The van der Waals surface area contributed by atoms with E-state index < -0.39 is 5.97 Å². The fraction of sp³-hybridized carbons (Fsp3) is 0.0556. The number of rotatable bonds is 5. The number of aromatic nitrogens is 2. The molecule has 2 aromatic carbocycles. The second-order valence-electron chi connectivity index (χ2n) is 5.43. The first kappa shape index (κ1) is 17.6. The van der Waals surface area contributed by atoms with E-state index in [-0.39, 0.29) is 11.4 Å². The SMILES string of the molecule is Cc1nn(-c2ccc(F)cc2)c(Cl)c1C=NNc1cccc(C(=O)O)c1. The Morgan fingerprint density at radius 2 is 2.04 bits per heavy atom. The van der Waals surface area contributed by atoms with Crippen LogP contribution in [0.2, 0.25) is 5.15 Å². The van der Waals surface area contributed by atoms with Crippen molar-refractivity contribution >= 4 is 29.5 Å². The van der Waals surface area contributed by atoms with Crippen LogP contribution in [0.3, 0.4) is 0 Å². The van der Waals surface area contributed by atoms with E-state index in [0.29, 0.717) is 27.8 Å². The average molecular weight is 373 g/mol. The molecule has 1 heterocycles. The minimum absolute atomic E-state index is 0.156. The molecule has 0 aliphatic heterocycles. The number of hydrogen-bond acceptors (Lipinski definition) is 4. The molecule has 0 bridgehead atoms. The standard InChI is InChI=1S/C18H14ClFN4O2/c1-11-16(10-21-22-14-4-2-3-12(9-14)18(25)26)17(19)24(23-11)15-7-5-13(20)6-8-15/h2-10,22H,1H3,(H,25,26). The number of hydrogen-bond donors (Lipinski definition) is 2. The largest absolute Gasteiger partial charge is 0.478 e. The number of hydrazone groups is 1. The predicted octanol–water partition coefficient (Wildman–Crippen LogP) is 4.12. The molecular weight excluding hydrogens is 359 g/mol. The van der Waals surface area contributed by atoms with Crippen molar-refractivity contribution in [3.8, 4) is 5.69 Å². The highest BCUT2D eigenvalue weighted by Crippen LogP contribution is 2.22. The van der Waals surface area contributed by atoms with E-state index in [1.54, 1.807) is 31.2 Å². The quantitative estimate of drug-likeness (QED) is 0.521. The van der Waals surface area contributed by atoms with E-state index >= 15 is 0 Å². The van der Waals surface area contributed by atoms with Crippen LogP contribution in [0.1, 0.15) is 21.6 Å². The number of nitrogens with one attached hydrogen (secondary N) is 1. The van der Waals surface area contributed by atoms with Gasteiger partial charge in [0.1, 0.15) is 11.0 Å². The molecule has 6 nitrogen and oxygen atoms in total. The molecule has 0 saturated carbocycles. The van der Waals surface area contributed by atoms with Crippen molar-refractivity contribution in [1.82, 2.24) is 9.78 Å². The molecule has 132 valence electrons. The first-order valence-electron chi connectivity index (χ1n) is 7.59. The summed E-state index contributed by atoms with van der Waals surface area (Å²) in [7, 11) is 0. The Kier molecular flexibility index (Phi) is 4.99. The van der Waals surface area contributed by atoms with Crippen LogP contribution in [0.4, 0.5) is 10.1 Å². The van der Waals surface area contributed by atoms with Gasteiger partial charge in [-0.15, -0.1) is 0 Å². The van der Waals surface area contributed by atoms with Crippen molar-refractivity contribution in [2.45, 2.75) is 6.92 Å². The summed E-state index contributed by atoms with van der Waals surface area (Å²) < 4.78 is 14.6. The van der Waals surface area contributed by atoms with Crippen LogP contribution in [0.15, 0.2) is 53.6 Å². The Hall–Kier alpha value is -3.19. The van der Waals surface area contributed by atoms with Crippen LogP contribution in [-0.4, -0.2) is 27.1 Å². The molecule has 0 fully saturated rings. The number of benzene rings is 2. The molecule has 0 amide bonds. The molecule has 3 aromatic rings. The van der Waals surface area contributed by atoms with Gasteiger partial charge in [-0.2, -0.15) is 10.2 Å². The van der Waals surface area contributed by atoms with Crippen molar-refractivity contribution in [3.63, 3.8) is 0 Å². The van der Waals surface area contributed by atoms with E-state index in [4.69, 9.17) is 16.7 Å². The Balaban J connectivity index is 1.82. The molecule has 0 atom stereocenters. The predicted molar refractivity (Wildman–Crippen MR) is 97.9 cm³/mol. The lowest BCUT2D eigenvalue weighted by molar-refractivity contribution is 0.0697. The van der Waals surface area contributed by atoms with E-state index in [9.17, 15) is 9.18 Å². The van der Waals surface area contributed by atoms with Crippen LogP contribution in [0, 0.1) is 12.7 Å². The van der Waals surface area contributed by atoms with Gasteiger partial charge < -0.3 is 5.11 Å². The molecule has 0 aliphatic carbocycles. The molecular formula is C18H14ClFN4O2. The van der Waals surface area contributed by atoms with Crippen molar-refractivity contribution in [2.24, 2.45) is 5.10 Å². The van der Waals surface area contributed by atoms with Crippen molar-refractivity contribution < 1.29 is 14.3 Å². The zero-order chi connectivity index (χ0) is 18.7. The summed E-state index contributed by atoms with van der Waals surface area (Å²) in [5.41, 5.74) is 5.31. The third-order valence-electron chi connectivity index (χ3n) is 3.62. The van der Waals surface area contributed by atoms with Gasteiger partial charge in [0.15, 0.2) is 0 Å². The number of carbonyl (C=O) groups is 1. The smallest absolute Gasteiger partial charge is 0.335 e. The number of aromatic carboxylic acids is 1. The fourth-order valence-corrected chi connectivity index (χ4v) is 2.63. The summed E-state index contributed by atoms with van der Waals surface area (Å²) in [6.45, 7) is 1.78. The topological polar surface area (TPSA) is 79.5 Å². The number of anilines is 1. The van der Waals surface area contributed by atoms with Gasteiger partial charge in [-0.25, -0.2) is 13.9 Å². The number of aryl methyl sites for hydroxylation is 1. The number of nitrogens with zero attached hydrogens (tertiary/aromatic N) is 3. The van der Waals surface area contributed by atoms with Gasteiger partial charge >= 0.3 is 5.97 Å². The Morgan fingerprint density at radius 1 is 1.31 bits per heavy atom. The van der Waals surface area contributed by atoms with Crippen molar-refractivity contribution in [2.75, 3.05) is 5.43 Å². The average Bonchev–Trinajstić information content (AvgIpc) is 2.91. The zero-order valence-electron chi connectivity index (χ0n) is 13.6. The van der Waals surface area contributed by atoms with Crippen LogP contribution in [0.5, 0.6) is 0 Å². The second kappa shape index (κ2) is 7.37. The summed E-state index contributed by atoms with van der Waals surface area (Å²) in [6, 6.07) is 12.1. The first-order valence-corrected chi connectivity index (χ1v) is 7.97. The third-order valence-corrected chi connectivity index (χ3v) is 3.98. The van der Waals surface area contributed by atoms with Crippen LogP contribution < -0.4 is 5.43 Å². The Labute approximate surface area is 153 Å². The van der Waals surface area contributed by atoms with E-state index in [1.807, 2.05) is 0 Å². The first-order chi connectivity index (χ1) is 12.5. The molecule has 8 heteroatoms. The van der Waals surface area contributed by atoms with E-state index in [2.05, 4.69) is 15.6 Å². The maximum absolute atomic E-state index is 13.1. The Morgan fingerprint density at radius 3 is 2.73 bits per heavy atom. The van der Waals surface area contributed by atoms with E-state index in [0.717, 1.165) is 0 Å². The van der Waals surface area contributed by atoms with Gasteiger partial charge in [-0.3, -0.25) is 5.43 Å². The number of carboxylic acid groups (broad SMARTS) is 1. The van der Waals surface area contributed by atoms with Gasteiger partial charge in [0.25, 0.3) is 0 Å². The molecule has 0 saturated heterocycles. The van der Waals surface area contributed by atoms with E-state index in [1.165, 1.54) is 35.2 Å². The van der Waals surface area contributed by atoms with Crippen LogP contribution >= 0.6 is 11.6 Å². The highest BCUT2D eigenvalue weighted by molar-refractivity contribution is 6.32. The highest BCUT2D eigenvalue weighted by Gasteiger charge is 2.13. The lowest BCUT2D eigenvalue weighted by Crippen LogP contribution is -1.98. The van der Waals surface area contributed by atoms with Crippen LogP contribution in [0.25, 0.3) is 5.69 Å². The summed E-state index contributed by atoms with van der Waals surface area (Å²) in [5.74, 6) is -1.36. The maximum Gasteiger partial charge on any atom is 0.335 e. The maximum atomic E-state index is 13.1. The fourth-order valence-electron chi connectivity index (χ4n) is 2.30. The lowest BCUT2D eigenvalue weighted by Gasteiger charge is -2.03. The van der Waals surface area contributed by atoms with Gasteiger partial charge in [0.2, 0.25) is 0 Å². The molecule has 3 rings (SSSR count). The normalized spacial score (nSPS) is 11.0. The van der Waals surface area contributed by atoms with Gasteiger partial charge in [-0.1, -0.05) is 17.7 Å². The molecule has 2 N–H and O–H groups in total. The minimum atomic E-state index is -1.02. The molecule has 0 radical (unpaired) electrons. The summed E-state index contributed by atoms with van der Waals surface area (Å²) in [4.78, 5) is 11.0. The summed E-state index contributed by atoms with van der Waals surface area (Å²) in [6.07, 6.45) is 1.50. The number of halogens is 2.